The van der Waals surface area contributed by atoms with Crippen molar-refractivity contribution in [3.63, 3.8) is 0 Å². The number of benzene rings is 1. The molecule has 2 aliphatic heterocycles. The highest BCUT2D eigenvalue weighted by Gasteiger charge is 2.45. The summed E-state index contributed by atoms with van der Waals surface area (Å²) in [4.78, 5) is 15.6. The Morgan fingerprint density at radius 3 is 2.66 bits per heavy atom. The number of rotatable bonds is 5. The third-order valence-corrected chi connectivity index (χ3v) is 7.65. The fraction of sp³-hybridized carbons (Fsp3) is 0.560. The zero-order valence-electron chi connectivity index (χ0n) is 20.6. The minimum absolute atomic E-state index is 0.0598. The average Bonchev–Trinajstić information content (AvgIpc) is 3.30. The van der Waals surface area contributed by atoms with E-state index < -0.39 is 17.5 Å². The van der Waals surface area contributed by atoms with Gasteiger partial charge in [-0.25, -0.2) is 19.3 Å². The molecule has 2 saturated heterocycles. The number of nitrogens with one attached hydrogen (secondary N) is 1. The second-order valence-corrected chi connectivity index (χ2v) is 11.0. The predicted molar refractivity (Wildman–Crippen MR) is 134 cm³/mol. The van der Waals surface area contributed by atoms with Gasteiger partial charge < -0.3 is 20.1 Å². The van der Waals surface area contributed by atoms with E-state index in [1.54, 1.807) is 19.9 Å². The summed E-state index contributed by atoms with van der Waals surface area (Å²) in [5, 5.41) is 25.1. The van der Waals surface area contributed by atoms with E-state index in [9.17, 15) is 10.2 Å². The van der Waals surface area contributed by atoms with Gasteiger partial charge in [0.05, 0.1) is 34.6 Å². The highest BCUT2D eigenvalue weighted by Crippen LogP contribution is 2.37. The van der Waals surface area contributed by atoms with Crippen LogP contribution in [0.2, 0.25) is 5.02 Å². The zero-order chi connectivity index (χ0) is 25.2. The molecular weight excluding hydrogens is 471 g/mol. The maximum Gasteiger partial charge on any atom is 0.223 e. The number of likely N-dealkylation sites (N-methyl/N-ethyl adjacent to an activating group) is 1. The first kappa shape index (κ1) is 24.4. The number of halogens is 2. The van der Waals surface area contributed by atoms with Crippen molar-refractivity contribution in [1.29, 1.82) is 0 Å². The Morgan fingerprint density at radius 2 is 1.97 bits per heavy atom. The minimum atomic E-state index is -1.24. The third-order valence-electron chi connectivity index (χ3n) is 7.37. The lowest BCUT2D eigenvalue weighted by Gasteiger charge is -2.40. The van der Waals surface area contributed by atoms with Gasteiger partial charge in [-0.1, -0.05) is 11.6 Å². The molecule has 3 N–H and O–H groups in total. The molecule has 8 nitrogen and oxygen atoms in total. The van der Waals surface area contributed by atoms with Crippen molar-refractivity contribution in [2.24, 2.45) is 0 Å². The second-order valence-electron chi connectivity index (χ2n) is 10.6. The monoisotopic (exact) mass is 502 g/mol. The Hall–Kier alpha value is -2.33. The standard InChI is InChI=1S/C25H32ClFN6O2/c1-12(2)33-19-9-13(8-16(27)21(19)30-23(33)25(3,4)35)20-15(26)11-28-24(31-20)29-17-10-14-6-7-18(22(17)34)32(14)5/h8-9,11-12,14,17-18,22,34-35H,6-7,10H2,1-5H3,(H,28,29,31)/t14-,17-,18+,22?/m1/s1. The molecule has 2 aromatic heterocycles. The van der Waals surface area contributed by atoms with Crippen LogP contribution in [0.5, 0.6) is 0 Å². The number of piperidine rings is 1. The molecule has 0 saturated carbocycles. The molecule has 4 atom stereocenters. The Morgan fingerprint density at radius 1 is 1.23 bits per heavy atom. The minimum Gasteiger partial charge on any atom is -0.389 e. The molecule has 1 unspecified atom stereocenters. The Balaban J connectivity index is 1.54. The van der Waals surface area contributed by atoms with Crippen LogP contribution in [-0.2, 0) is 5.60 Å². The van der Waals surface area contributed by atoms with Crippen LogP contribution >= 0.6 is 11.6 Å². The topological polar surface area (TPSA) is 99.3 Å². The zero-order valence-corrected chi connectivity index (χ0v) is 21.4. The number of aliphatic hydroxyl groups excluding tert-OH is 1. The Labute approximate surface area is 209 Å². The lowest BCUT2D eigenvalue weighted by molar-refractivity contribution is 0.0193. The maximum absolute atomic E-state index is 15.3. The van der Waals surface area contributed by atoms with Crippen molar-refractivity contribution >= 4 is 28.6 Å². The van der Waals surface area contributed by atoms with Gasteiger partial charge in [-0.3, -0.25) is 4.90 Å². The number of anilines is 1. The number of nitrogens with zero attached hydrogens (tertiary/aromatic N) is 5. The van der Waals surface area contributed by atoms with E-state index in [0.29, 0.717) is 34.6 Å². The van der Waals surface area contributed by atoms with E-state index in [1.165, 1.54) is 12.3 Å². The molecule has 188 valence electrons. The number of imidazole rings is 1. The number of aromatic nitrogens is 4. The van der Waals surface area contributed by atoms with Gasteiger partial charge in [0.15, 0.2) is 5.82 Å². The third kappa shape index (κ3) is 4.18. The number of hydrogen-bond donors (Lipinski definition) is 3. The van der Waals surface area contributed by atoms with Crippen LogP contribution < -0.4 is 5.32 Å². The lowest BCUT2D eigenvalue weighted by atomic mass is 9.95. The summed E-state index contributed by atoms with van der Waals surface area (Å²) in [6, 6.07) is 3.46. The van der Waals surface area contributed by atoms with E-state index in [1.807, 2.05) is 18.4 Å². The van der Waals surface area contributed by atoms with Crippen molar-refractivity contribution in [3.8, 4) is 11.3 Å². The molecular formula is C25H32ClFN6O2. The molecule has 3 aromatic rings. The molecule has 1 aromatic carbocycles. The molecule has 0 radical (unpaired) electrons. The quantitative estimate of drug-likeness (QED) is 0.483. The van der Waals surface area contributed by atoms with Crippen LogP contribution in [0.15, 0.2) is 18.3 Å². The fourth-order valence-corrected chi connectivity index (χ4v) is 5.83. The van der Waals surface area contributed by atoms with Gasteiger partial charge >= 0.3 is 0 Å². The Bertz CT molecular complexity index is 1270. The molecule has 0 spiro atoms. The summed E-state index contributed by atoms with van der Waals surface area (Å²) in [5.74, 6) is 0.210. The first-order valence-electron chi connectivity index (χ1n) is 12.1. The highest BCUT2D eigenvalue weighted by atomic mass is 35.5. The summed E-state index contributed by atoms with van der Waals surface area (Å²) in [5.41, 5.74) is 0.371. The van der Waals surface area contributed by atoms with Gasteiger partial charge in [0.25, 0.3) is 0 Å². The summed E-state index contributed by atoms with van der Waals surface area (Å²) in [6.07, 6.45) is 3.80. The molecule has 2 aliphatic rings. The van der Waals surface area contributed by atoms with E-state index in [4.69, 9.17) is 11.6 Å². The smallest absolute Gasteiger partial charge is 0.223 e. The molecule has 0 aliphatic carbocycles. The normalized spacial score (nSPS) is 25.1. The fourth-order valence-electron chi connectivity index (χ4n) is 5.63. The van der Waals surface area contributed by atoms with Gasteiger partial charge in [0.2, 0.25) is 5.95 Å². The van der Waals surface area contributed by atoms with Gasteiger partial charge in [0, 0.05) is 23.7 Å². The SMILES string of the molecule is CC(C)n1c(C(C)(C)O)nc2c(F)cc(-c3nc(N[C@@H]4C[C@H]5CC[C@@H](C4O)N5C)ncc3Cl)cc21. The molecule has 10 heteroatoms. The second kappa shape index (κ2) is 8.65. The number of aliphatic hydroxyl groups is 2. The summed E-state index contributed by atoms with van der Waals surface area (Å²) < 4.78 is 17.1. The molecule has 0 amide bonds. The first-order chi connectivity index (χ1) is 16.5. The van der Waals surface area contributed by atoms with Crippen molar-refractivity contribution in [3.05, 3.63) is 35.0 Å². The van der Waals surface area contributed by atoms with E-state index in [0.717, 1.165) is 19.3 Å². The van der Waals surface area contributed by atoms with Crippen LogP contribution in [0.1, 0.15) is 58.8 Å². The predicted octanol–water partition coefficient (Wildman–Crippen LogP) is 4.10. The maximum atomic E-state index is 15.3. The molecule has 4 heterocycles. The summed E-state index contributed by atoms with van der Waals surface area (Å²) in [6.45, 7) is 7.19. The van der Waals surface area contributed by atoms with Crippen LogP contribution in [-0.4, -0.2) is 65.9 Å². The summed E-state index contributed by atoms with van der Waals surface area (Å²) in [7, 11) is 2.06. The summed E-state index contributed by atoms with van der Waals surface area (Å²) >= 11 is 6.47. The van der Waals surface area contributed by atoms with Crippen LogP contribution in [0.3, 0.4) is 0 Å². The van der Waals surface area contributed by atoms with Crippen molar-refractivity contribution < 1.29 is 14.6 Å². The van der Waals surface area contributed by atoms with Crippen LogP contribution in [0.25, 0.3) is 22.3 Å². The molecule has 5 rings (SSSR count). The number of fused-ring (bicyclic) bond motifs is 3. The van der Waals surface area contributed by atoms with E-state index in [2.05, 4.69) is 32.2 Å². The van der Waals surface area contributed by atoms with Crippen molar-refractivity contribution in [2.45, 2.75) is 82.8 Å². The van der Waals surface area contributed by atoms with E-state index >= 15 is 4.39 Å². The average molecular weight is 503 g/mol. The van der Waals surface area contributed by atoms with Crippen molar-refractivity contribution in [1.82, 2.24) is 24.4 Å². The first-order valence-corrected chi connectivity index (χ1v) is 12.5. The highest BCUT2D eigenvalue weighted by molar-refractivity contribution is 6.33. The molecule has 2 bridgehead atoms. The van der Waals surface area contributed by atoms with Gasteiger partial charge in [0.1, 0.15) is 16.9 Å². The lowest BCUT2D eigenvalue weighted by Crippen LogP contribution is -2.55. The van der Waals surface area contributed by atoms with E-state index in [-0.39, 0.29) is 28.7 Å². The van der Waals surface area contributed by atoms with Crippen molar-refractivity contribution in [2.75, 3.05) is 12.4 Å². The number of hydrogen-bond acceptors (Lipinski definition) is 7. The largest absolute Gasteiger partial charge is 0.389 e. The Kier molecular flexibility index (Phi) is 6.03. The van der Waals surface area contributed by atoms with Gasteiger partial charge in [-0.05, 0) is 66.1 Å². The van der Waals surface area contributed by atoms with Crippen LogP contribution in [0, 0.1) is 5.82 Å². The van der Waals surface area contributed by atoms with Gasteiger partial charge in [-0.15, -0.1) is 0 Å². The molecule has 35 heavy (non-hydrogen) atoms. The molecule has 2 fully saturated rings. The van der Waals surface area contributed by atoms with Crippen LogP contribution in [0.4, 0.5) is 10.3 Å². The van der Waals surface area contributed by atoms with Gasteiger partial charge in [-0.2, -0.15) is 0 Å².